The average molecular weight is 381 g/mol. The summed E-state index contributed by atoms with van der Waals surface area (Å²) >= 11 is 5.25. The Kier molecular flexibility index (Phi) is 4.82. The number of para-hydroxylation sites is 1. The summed E-state index contributed by atoms with van der Waals surface area (Å²) in [4.78, 5) is 0. The zero-order valence-electron chi connectivity index (χ0n) is 11.2. The summed E-state index contributed by atoms with van der Waals surface area (Å²) in [5.41, 5.74) is 4.64. The highest BCUT2D eigenvalue weighted by atomic mass is 32.2. The molecule has 1 heterocycles. The Hall–Kier alpha value is -1.85. The number of halogens is 3. The minimum Gasteiger partial charge on any atom is -0.375 e. The van der Waals surface area contributed by atoms with E-state index in [2.05, 4.69) is 16.9 Å². The molecule has 0 aliphatic heterocycles. The van der Waals surface area contributed by atoms with Gasteiger partial charge >= 0.3 is 16.4 Å². The van der Waals surface area contributed by atoms with Gasteiger partial charge in [-0.2, -0.15) is 25.9 Å². The first-order valence-corrected chi connectivity index (χ1v) is 8.67. The van der Waals surface area contributed by atoms with Crippen LogP contribution >= 0.6 is 23.6 Å². The van der Waals surface area contributed by atoms with Crippen LogP contribution in [0.5, 0.6) is 0 Å². The topological polar surface area (TPSA) is 75.4 Å². The fraction of sp³-hybridized carbons (Fsp3) is 0.0833. The lowest BCUT2D eigenvalue weighted by Gasteiger charge is -2.21. The Morgan fingerprint density at radius 1 is 1.26 bits per heavy atom. The lowest BCUT2D eigenvalue weighted by molar-refractivity contribution is -0.137. The predicted octanol–water partition coefficient (Wildman–Crippen LogP) is 3.17. The molecule has 23 heavy (non-hydrogen) atoms. The average Bonchev–Trinajstić information content (AvgIpc) is 2.87. The van der Waals surface area contributed by atoms with Crippen LogP contribution < -0.4 is 14.8 Å². The van der Waals surface area contributed by atoms with E-state index in [4.69, 9.17) is 5.73 Å². The molecule has 5 nitrogen and oxygen atoms in total. The molecule has 0 atom stereocenters. The molecule has 2 rings (SSSR count). The Morgan fingerprint density at radius 2 is 1.87 bits per heavy atom. The van der Waals surface area contributed by atoms with E-state index in [9.17, 15) is 21.6 Å². The molecule has 0 radical (unpaired) electrons. The Labute approximate surface area is 139 Å². The number of hydrogen-bond donors (Lipinski definition) is 2. The van der Waals surface area contributed by atoms with Crippen molar-refractivity contribution in [3.63, 3.8) is 0 Å². The maximum Gasteiger partial charge on any atom is 0.417 e. The summed E-state index contributed by atoms with van der Waals surface area (Å²) in [6.45, 7) is 0. The number of anilines is 2. The van der Waals surface area contributed by atoms with Gasteiger partial charge in [0, 0.05) is 5.38 Å². The molecule has 0 aliphatic carbocycles. The third-order valence-corrected chi connectivity index (χ3v) is 5.27. The highest BCUT2D eigenvalue weighted by Crippen LogP contribution is 2.37. The molecular weight excluding hydrogens is 371 g/mol. The summed E-state index contributed by atoms with van der Waals surface area (Å²) < 4.78 is 65.4. The maximum absolute atomic E-state index is 12.7. The number of thiocarbonyl (C=S) groups is 1. The van der Waals surface area contributed by atoms with Crippen LogP contribution in [0.1, 0.15) is 5.56 Å². The van der Waals surface area contributed by atoms with E-state index < -0.39 is 27.1 Å². The first-order chi connectivity index (χ1) is 10.6. The quantitative estimate of drug-likeness (QED) is 0.798. The number of hydrogen-bond acceptors (Lipinski definition) is 4. The molecule has 0 amide bonds. The van der Waals surface area contributed by atoms with Crippen molar-refractivity contribution in [3.05, 3.63) is 47.3 Å². The van der Waals surface area contributed by atoms with Crippen molar-refractivity contribution in [2.24, 2.45) is 5.73 Å². The second-order valence-corrected chi connectivity index (χ2v) is 7.07. The van der Waals surface area contributed by atoms with E-state index in [-0.39, 0.29) is 10.7 Å². The smallest absolute Gasteiger partial charge is 0.375 e. The molecule has 0 unspecified atom stereocenters. The Morgan fingerprint density at radius 3 is 2.35 bits per heavy atom. The molecule has 3 N–H and O–H groups in total. The van der Waals surface area contributed by atoms with Gasteiger partial charge in [-0.15, -0.1) is 11.3 Å². The van der Waals surface area contributed by atoms with E-state index in [1.807, 2.05) is 0 Å². The third kappa shape index (κ3) is 4.12. The minimum atomic E-state index is -4.59. The number of nitrogens with zero attached hydrogens (tertiary/aromatic N) is 1. The van der Waals surface area contributed by atoms with Crippen molar-refractivity contribution in [1.82, 2.24) is 0 Å². The van der Waals surface area contributed by atoms with Crippen molar-refractivity contribution in [3.8, 4) is 0 Å². The van der Waals surface area contributed by atoms with Crippen molar-refractivity contribution in [2.75, 3.05) is 9.03 Å². The van der Waals surface area contributed by atoms with E-state index in [0.717, 1.165) is 5.38 Å². The number of nitrogens with two attached hydrogens (primary N) is 1. The van der Waals surface area contributed by atoms with Gasteiger partial charge in [-0.1, -0.05) is 18.2 Å². The molecule has 11 heteroatoms. The van der Waals surface area contributed by atoms with E-state index in [1.165, 1.54) is 12.1 Å². The normalized spacial score (nSPS) is 12.0. The molecule has 0 aliphatic rings. The van der Waals surface area contributed by atoms with E-state index in [0.29, 0.717) is 21.7 Å². The molecule has 0 saturated carbocycles. The van der Waals surface area contributed by atoms with Crippen LogP contribution in [0.3, 0.4) is 0 Å². The van der Waals surface area contributed by atoms with Gasteiger partial charge in [-0.25, -0.2) is 0 Å². The van der Waals surface area contributed by atoms with Gasteiger partial charge in [0.1, 0.15) is 5.00 Å². The zero-order valence-corrected chi connectivity index (χ0v) is 13.7. The van der Waals surface area contributed by atoms with Crippen molar-refractivity contribution >= 4 is 49.6 Å². The van der Waals surface area contributed by atoms with Crippen LogP contribution in [0.15, 0.2) is 41.8 Å². The van der Waals surface area contributed by atoms with Gasteiger partial charge in [0.2, 0.25) is 0 Å². The van der Waals surface area contributed by atoms with E-state index in [1.54, 1.807) is 18.2 Å². The second-order valence-electron chi connectivity index (χ2n) is 4.25. The highest BCUT2D eigenvalue weighted by Gasteiger charge is 2.34. The lowest BCUT2D eigenvalue weighted by atomic mass is 10.3. The molecule has 0 spiro atoms. The van der Waals surface area contributed by atoms with Gasteiger partial charge in [0.25, 0.3) is 0 Å². The van der Waals surface area contributed by atoms with Gasteiger partial charge in [-0.3, -0.25) is 4.72 Å². The summed E-state index contributed by atoms with van der Waals surface area (Å²) in [5.74, 6) is 0. The molecule has 124 valence electrons. The largest absolute Gasteiger partial charge is 0.417 e. The molecule has 1 aromatic carbocycles. The monoisotopic (exact) mass is 381 g/mol. The van der Waals surface area contributed by atoms with Crippen LogP contribution in [-0.2, 0) is 16.4 Å². The first-order valence-electron chi connectivity index (χ1n) is 5.94. The number of benzene rings is 1. The van der Waals surface area contributed by atoms with Crippen LogP contribution in [0.25, 0.3) is 0 Å². The van der Waals surface area contributed by atoms with Crippen LogP contribution in [-0.4, -0.2) is 13.5 Å². The second kappa shape index (κ2) is 6.34. The fourth-order valence-electron chi connectivity index (χ4n) is 1.63. The molecule has 0 bridgehead atoms. The van der Waals surface area contributed by atoms with E-state index >= 15 is 0 Å². The molecular formula is C12H10F3N3O2S3. The summed E-state index contributed by atoms with van der Waals surface area (Å²) in [7, 11) is -4.30. The van der Waals surface area contributed by atoms with Crippen molar-refractivity contribution < 1.29 is 21.6 Å². The lowest BCUT2D eigenvalue weighted by Crippen LogP contribution is -2.43. The van der Waals surface area contributed by atoms with Gasteiger partial charge in [0.15, 0.2) is 5.11 Å². The number of rotatable bonds is 4. The van der Waals surface area contributed by atoms with Crippen LogP contribution in [0.2, 0.25) is 0 Å². The molecule has 1 aromatic heterocycles. The van der Waals surface area contributed by atoms with Crippen LogP contribution in [0, 0.1) is 0 Å². The predicted molar refractivity (Wildman–Crippen MR) is 87.6 cm³/mol. The molecule has 0 saturated heterocycles. The summed E-state index contributed by atoms with van der Waals surface area (Å²) in [6, 6.07) is 8.49. The first kappa shape index (κ1) is 17.5. The van der Waals surface area contributed by atoms with Gasteiger partial charge in [-0.05, 0) is 30.4 Å². The summed E-state index contributed by atoms with van der Waals surface area (Å²) in [5, 5.41) is -0.0594. The van der Waals surface area contributed by atoms with Crippen molar-refractivity contribution in [1.29, 1.82) is 0 Å². The zero-order chi connectivity index (χ0) is 17.3. The van der Waals surface area contributed by atoms with Crippen molar-refractivity contribution in [2.45, 2.75) is 6.18 Å². The number of thiophene rings is 1. The van der Waals surface area contributed by atoms with Gasteiger partial charge < -0.3 is 5.73 Å². The highest BCUT2D eigenvalue weighted by molar-refractivity contribution is 7.96. The molecule has 2 aromatic rings. The fourth-order valence-corrected chi connectivity index (χ4v) is 4.39. The number of nitrogens with one attached hydrogen (secondary N) is 1. The van der Waals surface area contributed by atoms with Crippen LogP contribution in [0.4, 0.5) is 23.9 Å². The third-order valence-electron chi connectivity index (χ3n) is 2.57. The minimum absolute atomic E-state index is 0.223. The Balaban J connectivity index is 2.38. The Bertz CT molecular complexity index is 804. The van der Waals surface area contributed by atoms with Gasteiger partial charge in [0.05, 0.1) is 11.3 Å². The number of alkyl halides is 3. The standard InChI is InChI=1S/C12H10F3N3O2S3/c13-12(14,15)8-6-10(22-7-8)18(11(16)21)23(19,20)17-9-4-2-1-3-5-9/h1-7,17H,(H2,16,21). The maximum atomic E-state index is 12.7. The summed E-state index contributed by atoms with van der Waals surface area (Å²) in [6.07, 6.45) is -4.59. The SMILES string of the molecule is NC(=S)N(c1cc(C(F)(F)F)cs1)S(=O)(=O)Nc1ccccc1. The molecule has 0 fully saturated rings.